The maximum absolute atomic E-state index is 11.6. The summed E-state index contributed by atoms with van der Waals surface area (Å²) in [7, 11) is 0. The fourth-order valence-corrected chi connectivity index (χ4v) is 3.71. The second-order valence-corrected chi connectivity index (χ2v) is 7.44. The van der Waals surface area contributed by atoms with Crippen molar-refractivity contribution in [3.63, 3.8) is 0 Å². The third-order valence-corrected chi connectivity index (χ3v) is 5.30. The molecule has 1 aliphatic carbocycles. The minimum atomic E-state index is -0.745. The lowest BCUT2D eigenvalue weighted by molar-refractivity contribution is -0.143. The quantitative estimate of drug-likeness (QED) is 0.788. The molecule has 1 fully saturated rings. The first-order valence-corrected chi connectivity index (χ1v) is 9.48. The topological polar surface area (TPSA) is 115 Å². The van der Waals surface area contributed by atoms with Gasteiger partial charge in [-0.05, 0) is 57.7 Å². The highest BCUT2D eigenvalue weighted by Crippen LogP contribution is 2.34. The number of carbonyl (C=O) groups excluding carboxylic acids is 1. The van der Waals surface area contributed by atoms with Gasteiger partial charge in [0.1, 0.15) is 11.4 Å². The molecule has 1 heterocycles. The fourth-order valence-electron chi connectivity index (χ4n) is 3.49. The molecule has 8 heteroatoms. The van der Waals surface area contributed by atoms with Gasteiger partial charge >= 0.3 is 5.97 Å². The monoisotopic (exact) mass is 403 g/mol. The average Bonchev–Trinajstić information content (AvgIpc) is 2.63. The molecule has 0 aliphatic heterocycles. The van der Waals surface area contributed by atoms with Crippen molar-refractivity contribution in [1.82, 2.24) is 9.97 Å². The lowest BCUT2D eigenvalue weighted by atomic mass is 9.87. The number of carboxylic acids is 1. The highest BCUT2D eigenvalue weighted by Gasteiger charge is 2.27. The van der Waals surface area contributed by atoms with Crippen LogP contribution in [0, 0.1) is 19.8 Å². The number of amides is 1. The Bertz CT molecular complexity index is 924. The van der Waals surface area contributed by atoms with E-state index < -0.39 is 11.9 Å². The van der Waals surface area contributed by atoms with E-state index in [1.807, 2.05) is 0 Å². The van der Waals surface area contributed by atoms with Crippen LogP contribution in [0.5, 0.6) is 5.75 Å². The van der Waals surface area contributed by atoms with Crippen LogP contribution < -0.4 is 10.5 Å². The van der Waals surface area contributed by atoms with Crippen molar-refractivity contribution in [2.45, 2.75) is 45.6 Å². The molecule has 1 amide bonds. The van der Waals surface area contributed by atoms with Crippen molar-refractivity contribution in [2.24, 2.45) is 11.7 Å². The fraction of sp³-hybridized carbons (Fsp3) is 0.400. The van der Waals surface area contributed by atoms with Gasteiger partial charge in [0.2, 0.25) is 0 Å². The zero-order valence-corrected chi connectivity index (χ0v) is 16.5. The summed E-state index contributed by atoms with van der Waals surface area (Å²) in [6, 6.07) is 5.28. The second-order valence-electron chi connectivity index (χ2n) is 7.03. The molecule has 0 unspecified atom stereocenters. The minimum absolute atomic E-state index is 0.0543. The minimum Gasteiger partial charge on any atom is -0.489 e. The van der Waals surface area contributed by atoms with E-state index in [4.69, 9.17) is 27.2 Å². The van der Waals surface area contributed by atoms with Gasteiger partial charge in [-0.25, -0.2) is 4.98 Å². The van der Waals surface area contributed by atoms with Crippen LogP contribution in [-0.2, 0) is 4.79 Å². The molecule has 0 radical (unpaired) electrons. The number of rotatable bonds is 5. The smallest absolute Gasteiger partial charge is 0.306 e. The van der Waals surface area contributed by atoms with Crippen molar-refractivity contribution in [1.29, 1.82) is 0 Å². The van der Waals surface area contributed by atoms with E-state index in [2.05, 4.69) is 9.97 Å². The predicted octanol–water partition coefficient (Wildman–Crippen LogP) is 3.53. The van der Waals surface area contributed by atoms with Crippen LogP contribution in [0.25, 0.3) is 11.3 Å². The summed E-state index contributed by atoms with van der Waals surface area (Å²) >= 11 is 6.40. The summed E-state index contributed by atoms with van der Waals surface area (Å²) in [6.07, 6.45) is 2.51. The van der Waals surface area contributed by atoms with Gasteiger partial charge in [0, 0.05) is 5.56 Å². The molecule has 1 aromatic heterocycles. The van der Waals surface area contributed by atoms with E-state index in [0.717, 1.165) is 0 Å². The Hall–Kier alpha value is -2.67. The van der Waals surface area contributed by atoms with E-state index in [-0.39, 0.29) is 17.7 Å². The van der Waals surface area contributed by atoms with Crippen LogP contribution in [0.4, 0.5) is 0 Å². The summed E-state index contributed by atoms with van der Waals surface area (Å²) in [5, 5.41) is 9.51. The van der Waals surface area contributed by atoms with E-state index in [9.17, 15) is 9.59 Å². The Kier molecular flexibility index (Phi) is 5.84. The first-order valence-electron chi connectivity index (χ1n) is 9.10. The van der Waals surface area contributed by atoms with Gasteiger partial charge in [-0.1, -0.05) is 11.6 Å². The molecule has 0 atom stereocenters. The maximum Gasteiger partial charge on any atom is 0.306 e. The molecule has 3 N–H and O–H groups in total. The number of nitrogens with zero attached hydrogens (tertiary/aromatic N) is 2. The lowest BCUT2D eigenvalue weighted by Gasteiger charge is -2.27. The molecule has 28 heavy (non-hydrogen) atoms. The SMILES string of the molecule is Cc1nc(C)c(-c2ccc(O[C@H]3CC[C@@H](C(=O)O)CC3)c(Cl)c2)nc1C(N)=O. The van der Waals surface area contributed by atoms with E-state index >= 15 is 0 Å². The molecule has 0 saturated heterocycles. The number of halogens is 1. The Morgan fingerprint density at radius 2 is 1.82 bits per heavy atom. The molecule has 148 valence electrons. The Labute approximate surface area is 167 Å². The second kappa shape index (κ2) is 8.14. The van der Waals surface area contributed by atoms with Gasteiger partial charge in [0.25, 0.3) is 5.91 Å². The summed E-state index contributed by atoms with van der Waals surface area (Å²) in [6.45, 7) is 3.49. The molecule has 3 rings (SSSR count). The highest BCUT2D eigenvalue weighted by molar-refractivity contribution is 6.32. The first kappa shape index (κ1) is 20.1. The molecule has 1 saturated carbocycles. The number of hydrogen-bond donors (Lipinski definition) is 2. The zero-order chi connectivity index (χ0) is 20.4. The summed E-state index contributed by atoms with van der Waals surface area (Å²) in [5.74, 6) is -1.13. The number of nitrogens with two attached hydrogens (primary N) is 1. The number of carboxylic acid groups (broad SMARTS) is 1. The van der Waals surface area contributed by atoms with Crippen molar-refractivity contribution >= 4 is 23.5 Å². The lowest BCUT2D eigenvalue weighted by Crippen LogP contribution is -2.27. The molecule has 7 nitrogen and oxygen atoms in total. The average molecular weight is 404 g/mol. The van der Waals surface area contributed by atoms with E-state index in [1.54, 1.807) is 32.0 Å². The predicted molar refractivity (Wildman–Crippen MR) is 104 cm³/mol. The number of ether oxygens (including phenoxy) is 1. The largest absolute Gasteiger partial charge is 0.489 e. The molecule has 1 aromatic carbocycles. The number of aromatic nitrogens is 2. The number of hydrogen-bond acceptors (Lipinski definition) is 5. The van der Waals surface area contributed by atoms with Crippen molar-refractivity contribution in [2.75, 3.05) is 0 Å². The number of carbonyl (C=O) groups is 2. The van der Waals surface area contributed by atoms with Gasteiger partial charge in [-0.3, -0.25) is 14.6 Å². The Morgan fingerprint density at radius 1 is 1.14 bits per heavy atom. The molecule has 0 bridgehead atoms. The van der Waals surface area contributed by atoms with Crippen LogP contribution in [0.3, 0.4) is 0 Å². The van der Waals surface area contributed by atoms with Crippen molar-refractivity contribution in [3.8, 4) is 17.0 Å². The molecule has 2 aromatic rings. The van der Waals surface area contributed by atoms with Gasteiger partial charge in [-0.15, -0.1) is 0 Å². The number of aryl methyl sites for hydroxylation is 2. The summed E-state index contributed by atoms with van der Waals surface area (Å²) in [5.41, 5.74) is 7.90. The number of aliphatic carboxylic acids is 1. The van der Waals surface area contributed by atoms with Crippen molar-refractivity contribution in [3.05, 3.63) is 40.3 Å². The van der Waals surface area contributed by atoms with Crippen LogP contribution in [0.15, 0.2) is 18.2 Å². The zero-order valence-electron chi connectivity index (χ0n) is 15.7. The highest BCUT2D eigenvalue weighted by atomic mass is 35.5. The maximum atomic E-state index is 11.6. The van der Waals surface area contributed by atoms with Gasteiger partial charge in [0.15, 0.2) is 0 Å². The van der Waals surface area contributed by atoms with Gasteiger partial charge < -0.3 is 15.6 Å². The normalized spacial score (nSPS) is 19.2. The standard InChI is InChI=1S/C20H22ClN3O4/c1-10-17(24-18(19(22)25)11(2)23-10)13-5-8-16(15(21)9-13)28-14-6-3-12(4-7-14)20(26)27/h5,8-9,12,14H,3-4,6-7H2,1-2H3,(H2,22,25)(H,26,27)/t12-,14+. The molecule has 0 spiro atoms. The molecule has 1 aliphatic rings. The first-order chi connectivity index (χ1) is 13.3. The van der Waals surface area contributed by atoms with Gasteiger partial charge in [-0.2, -0.15) is 0 Å². The summed E-state index contributed by atoms with van der Waals surface area (Å²) < 4.78 is 5.98. The van der Waals surface area contributed by atoms with Crippen LogP contribution in [0.2, 0.25) is 5.02 Å². The van der Waals surface area contributed by atoms with Crippen LogP contribution >= 0.6 is 11.6 Å². The number of primary amides is 1. The summed E-state index contributed by atoms with van der Waals surface area (Å²) in [4.78, 5) is 31.3. The third kappa shape index (κ3) is 4.25. The van der Waals surface area contributed by atoms with E-state index in [1.165, 1.54) is 0 Å². The molecular weight excluding hydrogens is 382 g/mol. The van der Waals surface area contributed by atoms with Crippen molar-refractivity contribution < 1.29 is 19.4 Å². The van der Waals surface area contributed by atoms with E-state index in [0.29, 0.717) is 59.1 Å². The Balaban J connectivity index is 1.79. The molecular formula is C20H22ClN3O4. The van der Waals surface area contributed by atoms with Gasteiger partial charge in [0.05, 0.1) is 34.1 Å². The van der Waals surface area contributed by atoms with Crippen LogP contribution in [0.1, 0.15) is 47.6 Å². The Morgan fingerprint density at radius 3 is 2.39 bits per heavy atom. The third-order valence-electron chi connectivity index (χ3n) is 5.00. The van der Waals surface area contributed by atoms with Crippen LogP contribution in [-0.4, -0.2) is 33.1 Å². The number of benzene rings is 1.